The van der Waals surface area contributed by atoms with E-state index in [9.17, 15) is 4.79 Å². The van der Waals surface area contributed by atoms with Gasteiger partial charge >= 0.3 is 0 Å². The van der Waals surface area contributed by atoms with E-state index in [-0.39, 0.29) is 11.9 Å². The number of carbonyl (C=O) groups is 1. The highest BCUT2D eigenvalue weighted by molar-refractivity contribution is 5.94. The topological polar surface area (TPSA) is 54.7 Å². The van der Waals surface area contributed by atoms with Crippen LogP contribution < -0.4 is 10.1 Å². The minimum Gasteiger partial charge on any atom is -0.497 e. The van der Waals surface area contributed by atoms with Crippen molar-refractivity contribution in [1.29, 1.82) is 0 Å². The standard InChI is InChI=1S/C18H22N2O3/c1-22-15-7-4-6-14(12-15)18(21)19-13-16(17-8-5-11-23-17)20-9-2-3-10-20/h4-8,11-12,16H,2-3,9-10,13H2,1H3,(H,19,21). The number of methoxy groups -OCH3 is 1. The van der Waals surface area contributed by atoms with Crippen LogP contribution in [0.3, 0.4) is 0 Å². The smallest absolute Gasteiger partial charge is 0.251 e. The highest BCUT2D eigenvalue weighted by Crippen LogP contribution is 2.25. The first-order valence-electron chi connectivity index (χ1n) is 7.97. The summed E-state index contributed by atoms with van der Waals surface area (Å²) < 4.78 is 10.7. The lowest BCUT2D eigenvalue weighted by Gasteiger charge is -2.26. The van der Waals surface area contributed by atoms with Crippen molar-refractivity contribution in [1.82, 2.24) is 10.2 Å². The molecule has 0 radical (unpaired) electrons. The van der Waals surface area contributed by atoms with E-state index >= 15 is 0 Å². The van der Waals surface area contributed by atoms with Crippen molar-refractivity contribution in [3.05, 3.63) is 54.0 Å². The van der Waals surface area contributed by atoms with Crippen LogP contribution in [0.2, 0.25) is 0 Å². The molecule has 1 saturated heterocycles. The Morgan fingerprint density at radius 2 is 2.13 bits per heavy atom. The predicted octanol–water partition coefficient (Wildman–Crippen LogP) is 2.86. The molecule has 122 valence electrons. The molecule has 0 aliphatic carbocycles. The summed E-state index contributed by atoms with van der Waals surface area (Å²) in [4.78, 5) is 14.8. The SMILES string of the molecule is COc1cccc(C(=O)NCC(c2ccco2)N2CCCC2)c1. The maximum Gasteiger partial charge on any atom is 0.251 e. The first-order valence-corrected chi connectivity index (χ1v) is 7.97. The molecule has 2 aromatic rings. The van der Waals surface area contributed by atoms with Crippen LogP contribution in [0.25, 0.3) is 0 Å². The third kappa shape index (κ3) is 3.74. The van der Waals surface area contributed by atoms with Crippen LogP contribution in [-0.2, 0) is 0 Å². The van der Waals surface area contributed by atoms with E-state index in [2.05, 4.69) is 10.2 Å². The summed E-state index contributed by atoms with van der Waals surface area (Å²) in [7, 11) is 1.59. The molecule has 5 heteroatoms. The maximum absolute atomic E-state index is 12.4. The van der Waals surface area contributed by atoms with Gasteiger partial charge < -0.3 is 14.5 Å². The zero-order chi connectivity index (χ0) is 16.1. The van der Waals surface area contributed by atoms with Crippen LogP contribution in [0.1, 0.15) is 35.0 Å². The molecule has 0 bridgehead atoms. The molecule has 1 amide bonds. The molecule has 1 N–H and O–H groups in total. The molecule has 0 spiro atoms. The second kappa shape index (κ2) is 7.33. The molecule has 23 heavy (non-hydrogen) atoms. The molecule has 1 aliphatic heterocycles. The minimum atomic E-state index is -0.0975. The summed E-state index contributed by atoms with van der Waals surface area (Å²) in [5.41, 5.74) is 0.601. The Kier molecular flexibility index (Phi) is 4.98. The van der Waals surface area contributed by atoms with E-state index in [1.165, 1.54) is 12.8 Å². The first kappa shape index (κ1) is 15.6. The molecule has 2 heterocycles. The fraction of sp³-hybridized carbons (Fsp3) is 0.389. The molecule has 1 unspecified atom stereocenters. The molecule has 3 rings (SSSR count). The Balaban J connectivity index is 1.67. The van der Waals surface area contributed by atoms with E-state index in [0.29, 0.717) is 17.9 Å². The quantitative estimate of drug-likeness (QED) is 0.891. The summed E-state index contributed by atoms with van der Waals surface area (Å²) >= 11 is 0. The van der Waals surface area contributed by atoms with Gasteiger partial charge in [-0.15, -0.1) is 0 Å². The number of amides is 1. The molecule has 5 nitrogen and oxygen atoms in total. The summed E-state index contributed by atoms with van der Waals surface area (Å²) in [5, 5.41) is 3.02. The maximum atomic E-state index is 12.4. The van der Waals surface area contributed by atoms with Crippen LogP contribution in [0, 0.1) is 0 Å². The van der Waals surface area contributed by atoms with Gasteiger partial charge in [-0.2, -0.15) is 0 Å². The van der Waals surface area contributed by atoms with E-state index in [1.54, 1.807) is 25.5 Å². The highest BCUT2D eigenvalue weighted by Gasteiger charge is 2.26. The van der Waals surface area contributed by atoms with Crippen molar-refractivity contribution < 1.29 is 13.9 Å². The average Bonchev–Trinajstić information content (AvgIpc) is 3.29. The molecule has 1 aromatic carbocycles. The highest BCUT2D eigenvalue weighted by atomic mass is 16.5. The number of hydrogen-bond donors (Lipinski definition) is 1. The minimum absolute atomic E-state index is 0.0852. The van der Waals surface area contributed by atoms with Crippen LogP contribution in [0.15, 0.2) is 47.1 Å². The van der Waals surface area contributed by atoms with Gasteiger partial charge in [-0.3, -0.25) is 9.69 Å². The second-order valence-corrected chi connectivity index (χ2v) is 5.72. The fourth-order valence-electron chi connectivity index (χ4n) is 3.00. The molecule has 1 aliphatic rings. The van der Waals surface area contributed by atoms with E-state index < -0.39 is 0 Å². The normalized spacial score (nSPS) is 16.2. The Bertz CT molecular complexity index is 633. The zero-order valence-corrected chi connectivity index (χ0v) is 13.3. The molecule has 1 fully saturated rings. The molecular formula is C18H22N2O3. The van der Waals surface area contributed by atoms with Crippen LogP contribution in [0.4, 0.5) is 0 Å². The van der Waals surface area contributed by atoms with Gasteiger partial charge in [-0.05, 0) is 56.3 Å². The largest absolute Gasteiger partial charge is 0.497 e. The van der Waals surface area contributed by atoms with Crippen LogP contribution in [0.5, 0.6) is 5.75 Å². The van der Waals surface area contributed by atoms with Crippen LogP contribution >= 0.6 is 0 Å². The number of nitrogens with one attached hydrogen (secondary N) is 1. The van der Waals surface area contributed by atoms with Gasteiger partial charge in [-0.1, -0.05) is 6.07 Å². The van der Waals surface area contributed by atoms with E-state index in [0.717, 1.165) is 18.8 Å². The Morgan fingerprint density at radius 1 is 1.30 bits per heavy atom. The van der Waals surface area contributed by atoms with Crippen LogP contribution in [-0.4, -0.2) is 37.6 Å². The van der Waals surface area contributed by atoms with Crippen molar-refractivity contribution in [2.24, 2.45) is 0 Å². The van der Waals surface area contributed by atoms with Crippen molar-refractivity contribution in [2.75, 3.05) is 26.7 Å². The number of benzene rings is 1. The van der Waals surface area contributed by atoms with Gasteiger partial charge in [-0.25, -0.2) is 0 Å². The van der Waals surface area contributed by atoms with Crippen molar-refractivity contribution in [2.45, 2.75) is 18.9 Å². The van der Waals surface area contributed by atoms with Gasteiger partial charge in [0.15, 0.2) is 0 Å². The number of carbonyl (C=O) groups excluding carboxylic acids is 1. The number of ether oxygens (including phenoxy) is 1. The lowest BCUT2D eigenvalue weighted by molar-refractivity contribution is 0.0933. The summed E-state index contributed by atoms with van der Waals surface area (Å²) in [5.74, 6) is 1.48. The first-order chi connectivity index (χ1) is 11.3. The zero-order valence-electron chi connectivity index (χ0n) is 13.3. The Hall–Kier alpha value is -2.27. The van der Waals surface area contributed by atoms with Gasteiger partial charge in [0, 0.05) is 12.1 Å². The molecule has 1 aromatic heterocycles. The van der Waals surface area contributed by atoms with Gasteiger partial charge in [0.2, 0.25) is 0 Å². The van der Waals surface area contributed by atoms with Gasteiger partial charge in [0.05, 0.1) is 19.4 Å². The van der Waals surface area contributed by atoms with Crippen molar-refractivity contribution in [3.8, 4) is 5.75 Å². The second-order valence-electron chi connectivity index (χ2n) is 5.72. The molecular weight excluding hydrogens is 292 g/mol. The Morgan fingerprint density at radius 3 is 2.83 bits per heavy atom. The third-order valence-electron chi connectivity index (χ3n) is 4.24. The van der Waals surface area contributed by atoms with Crippen molar-refractivity contribution >= 4 is 5.91 Å². The van der Waals surface area contributed by atoms with E-state index in [4.69, 9.17) is 9.15 Å². The molecule has 1 atom stereocenters. The van der Waals surface area contributed by atoms with E-state index in [1.807, 2.05) is 24.3 Å². The number of hydrogen-bond acceptors (Lipinski definition) is 4. The summed E-state index contributed by atoms with van der Waals surface area (Å²) in [6.45, 7) is 2.62. The fourth-order valence-corrected chi connectivity index (χ4v) is 3.00. The lowest BCUT2D eigenvalue weighted by atomic mass is 10.1. The lowest BCUT2D eigenvalue weighted by Crippen LogP contribution is -2.36. The number of rotatable bonds is 6. The number of likely N-dealkylation sites (tertiary alicyclic amines) is 1. The van der Waals surface area contributed by atoms with Crippen molar-refractivity contribution in [3.63, 3.8) is 0 Å². The Labute approximate surface area is 136 Å². The predicted molar refractivity (Wildman–Crippen MR) is 87.6 cm³/mol. The average molecular weight is 314 g/mol. The molecule has 0 saturated carbocycles. The third-order valence-corrected chi connectivity index (χ3v) is 4.24. The number of furan rings is 1. The summed E-state index contributed by atoms with van der Waals surface area (Å²) in [6, 6.07) is 11.1. The monoisotopic (exact) mass is 314 g/mol. The number of nitrogens with zero attached hydrogens (tertiary/aromatic N) is 1. The van der Waals surface area contributed by atoms with Gasteiger partial charge in [0.1, 0.15) is 11.5 Å². The summed E-state index contributed by atoms with van der Waals surface area (Å²) in [6.07, 6.45) is 4.07. The van der Waals surface area contributed by atoms with Gasteiger partial charge in [0.25, 0.3) is 5.91 Å².